The van der Waals surface area contributed by atoms with Gasteiger partial charge in [-0.15, -0.1) is 20.4 Å². The van der Waals surface area contributed by atoms with Gasteiger partial charge in [0, 0.05) is 31.5 Å². The first-order chi connectivity index (χ1) is 11.2. The molecule has 1 aromatic carbocycles. The first kappa shape index (κ1) is 15.8. The van der Waals surface area contributed by atoms with E-state index in [4.69, 9.17) is 9.47 Å². The summed E-state index contributed by atoms with van der Waals surface area (Å²) in [6.07, 6.45) is 0. The first-order valence-electron chi connectivity index (χ1n) is 6.87. The molecule has 0 bridgehead atoms. The number of azo groups is 1. The van der Waals surface area contributed by atoms with Crippen LogP contribution in [0.5, 0.6) is 17.2 Å². The zero-order valence-electron chi connectivity index (χ0n) is 12.3. The summed E-state index contributed by atoms with van der Waals surface area (Å²) in [5.41, 5.74) is 0.287. The van der Waals surface area contributed by atoms with Gasteiger partial charge in [-0.05, 0) is 0 Å². The van der Waals surface area contributed by atoms with Gasteiger partial charge in [0.25, 0.3) is 5.13 Å². The number of phenols is 1. The van der Waals surface area contributed by atoms with Crippen molar-refractivity contribution in [1.29, 1.82) is 0 Å². The monoisotopic (exact) mass is 353 g/mol. The van der Waals surface area contributed by atoms with Crippen LogP contribution in [0.25, 0.3) is 0 Å². The maximum absolute atomic E-state index is 9.97. The van der Waals surface area contributed by atoms with Crippen molar-refractivity contribution in [3.05, 3.63) is 12.1 Å². The molecule has 10 heteroatoms. The highest BCUT2D eigenvalue weighted by Crippen LogP contribution is 2.41. The molecule has 0 spiro atoms. The van der Waals surface area contributed by atoms with Crippen LogP contribution in [0.15, 0.2) is 22.4 Å². The summed E-state index contributed by atoms with van der Waals surface area (Å²) in [5, 5.41) is 27.1. The number of ether oxygens (including phenoxy) is 2. The van der Waals surface area contributed by atoms with E-state index in [1.807, 2.05) is 11.9 Å². The molecule has 1 N–H and O–H groups in total. The molecule has 2 aromatic rings. The molecule has 0 saturated carbocycles. The molecule has 2 heterocycles. The quantitative estimate of drug-likeness (QED) is 0.634. The molecular weight excluding hydrogens is 338 g/mol. The maximum atomic E-state index is 9.97. The van der Waals surface area contributed by atoms with Gasteiger partial charge in [-0.1, -0.05) is 11.3 Å². The van der Waals surface area contributed by atoms with Gasteiger partial charge < -0.3 is 19.5 Å². The van der Waals surface area contributed by atoms with E-state index in [2.05, 4.69) is 33.1 Å². The molecule has 23 heavy (non-hydrogen) atoms. The molecule has 1 aliphatic heterocycles. The average Bonchev–Trinajstić information content (AvgIpc) is 3.02. The van der Waals surface area contributed by atoms with Crippen molar-refractivity contribution in [2.75, 3.05) is 37.5 Å². The van der Waals surface area contributed by atoms with Crippen molar-refractivity contribution < 1.29 is 14.6 Å². The zero-order chi connectivity index (χ0) is 16.2. The number of hydrogen-bond acceptors (Lipinski definition) is 10. The standard InChI is InChI=1S/C13H15N5O3S2/c1-18(2-5-22)13-17-16-12(23-13)15-14-8-6-10-11(7-9(8)19)21-4-3-20-10/h6-7,19,22H,2-5H2,1H3/b15-14+. The molecular formula is C13H15N5O3S2. The number of hydrogen-bond donors (Lipinski definition) is 2. The fourth-order valence-corrected chi connectivity index (χ4v) is 2.85. The van der Waals surface area contributed by atoms with Gasteiger partial charge in [0.15, 0.2) is 11.5 Å². The molecule has 0 fully saturated rings. The van der Waals surface area contributed by atoms with E-state index in [0.29, 0.717) is 29.8 Å². The van der Waals surface area contributed by atoms with Crippen molar-refractivity contribution in [1.82, 2.24) is 10.2 Å². The number of rotatable bonds is 5. The van der Waals surface area contributed by atoms with E-state index in [-0.39, 0.29) is 11.4 Å². The van der Waals surface area contributed by atoms with Gasteiger partial charge in [0.2, 0.25) is 5.13 Å². The second-order valence-corrected chi connectivity index (χ2v) is 6.08. The van der Waals surface area contributed by atoms with Crippen molar-refractivity contribution in [2.24, 2.45) is 10.2 Å². The smallest absolute Gasteiger partial charge is 0.253 e. The highest BCUT2D eigenvalue weighted by atomic mass is 32.1. The Balaban J connectivity index is 1.77. The highest BCUT2D eigenvalue weighted by molar-refractivity contribution is 7.80. The number of phenolic OH excluding ortho intramolecular Hbond substituents is 1. The second kappa shape index (κ2) is 7.01. The maximum Gasteiger partial charge on any atom is 0.253 e. The zero-order valence-corrected chi connectivity index (χ0v) is 14.0. The largest absolute Gasteiger partial charge is 0.505 e. The number of nitrogens with zero attached hydrogens (tertiary/aromatic N) is 5. The van der Waals surface area contributed by atoms with Crippen molar-refractivity contribution in [3.8, 4) is 17.2 Å². The topological polar surface area (TPSA) is 92.4 Å². The predicted octanol–water partition coefficient (Wildman–Crippen LogP) is 2.80. The fourth-order valence-electron chi connectivity index (χ4n) is 1.89. The second-order valence-electron chi connectivity index (χ2n) is 4.70. The Morgan fingerprint density at radius 3 is 2.74 bits per heavy atom. The Morgan fingerprint density at radius 2 is 2.00 bits per heavy atom. The van der Waals surface area contributed by atoms with Crippen LogP contribution >= 0.6 is 24.0 Å². The average molecular weight is 353 g/mol. The summed E-state index contributed by atoms with van der Waals surface area (Å²) >= 11 is 5.49. The van der Waals surface area contributed by atoms with Crippen LogP contribution in [-0.2, 0) is 0 Å². The number of fused-ring (bicyclic) bond motifs is 1. The van der Waals surface area contributed by atoms with Crippen molar-refractivity contribution >= 4 is 39.9 Å². The Labute approximate surface area is 142 Å². The molecule has 1 aromatic heterocycles. The fraction of sp³-hybridized carbons (Fsp3) is 0.385. The lowest BCUT2D eigenvalue weighted by atomic mass is 10.2. The first-order valence-corrected chi connectivity index (χ1v) is 8.32. The summed E-state index contributed by atoms with van der Waals surface area (Å²) in [4.78, 5) is 1.94. The summed E-state index contributed by atoms with van der Waals surface area (Å²) in [5.74, 6) is 1.72. The van der Waals surface area contributed by atoms with Crippen LogP contribution in [0, 0.1) is 0 Å². The van der Waals surface area contributed by atoms with Gasteiger partial charge in [-0.25, -0.2) is 0 Å². The van der Waals surface area contributed by atoms with Gasteiger partial charge in [0.1, 0.15) is 24.7 Å². The van der Waals surface area contributed by atoms with E-state index < -0.39 is 0 Å². The van der Waals surface area contributed by atoms with Gasteiger partial charge >= 0.3 is 0 Å². The predicted molar refractivity (Wildman–Crippen MR) is 90.3 cm³/mol. The molecule has 0 saturated heterocycles. The third kappa shape index (κ3) is 3.64. The molecule has 0 unspecified atom stereocenters. The molecule has 0 aliphatic carbocycles. The van der Waals surface area contributed by atoms with Crippen molar-refractivity contribution in [3.63, 3.8) is 0 Å². The van der Waals surface area contributed by atoms with E-state index in [1.165, 1.54) is 17.4 Å². The van der Waals surface area contributed by atoms with Crippen LogP contribution < -0.4 is 14.4 Å². The minimum absolute atomic E-state index is 0.0325. The summed E-state index contributed by atoms with van der Waals surface area (Å²) < 4.78 is 10.8. The van der Waals surface area contributed by atoms with Crippen LogP contribution in [0.1, 0.15) is 0 Å². The summed E-state index contributed by atoms with van der Waals surface area (Å²) in [7, 11) is 1.91. The summed E-state index contributed by atoms with van der Waals surface area (Å²) in [6.45, 7) is 1.68. The third-order valence-corrected chi connectivity index (χ3v) is 4.17. The van der Waals surface area contributed by atoms with Crippen LogP contribution in [-0.4, -0.2) is 47.9 Å². The van der Waals surface area contributed by atoms with E-state index in [1.54, 1.807) is 6.07 Å². The lowest BCUT2D eigenvalue weighted by Gasteiger charge is -2.18. The minimum atomic E-state index is -0.0325. The Kier molecular flexibility index (Phi) is 4.82. The lowest BCUT2D eigenvalue weighted by molar-refractivity contribution is 0.171. The normalized spacial score (nSPS) is 13.5. The Bertz CT molecular complexity index is 722. The third-order valence-electron chi connectivity index (χ3n) is 3.05. The molecule has 8 nitrogen and oxygen atoms in total. The Hall–Kier alpha value is -2.07. The van der Waals surface area contributed by atoms with Crippen LogP contribution in [0.2, 0.25) is 0 Å². The summed E-state index contributed by atoms with van der Waals surface area (Å²) in [6, 6.07) is 3.05. The van der Waals surface area contributed by atoms with Crippen LogP contribution in [0.4, 0.5) is 16.0 Å². The molecule has 1 aliphatic rings. The van der Waals surface area contributed by atoms with Gasteiger partial charge in [-0.2, -0.15) is 12.6 Å². The number of aromatic nitrogens is 2. The molecule has 3 rings (SSSR count). The number of anilines is 1. The Morgan fingerprint density at radius 1 is 1.26 bits per heavy atom. The number of thiol groups is 1. The van der Waals surface area contributed by atoms with E-state index in [9.17, 15) is 5.11 Å². The number of benzene rings is 1. The number of aromatic hydroxyl groups is 1. The molecule has 122 valence electrons. The van der Waals surface area contributed by atoms with Gasteiger partial charge in [-0.3, -0.25) is 0 Å². The molecule has 0 amide bonds. The van der Waals surface area contributed by atoms with Gasteiger partial charge in [0.05, 0.1) is 0 Å². The van der Waals surface area contributed by atoms with E-state index >= 15 is 0 Å². The van der Waals surface area contributed by atoms with Crippen molar-refractivity contribution in [2.45, 2.75) is 0 Å². The highest BCUT2D eigenvalue weighted by Gasteiger charge is 2.15. The molecule has 0 atom stereocenters. The SMILES string of the molecule is CN(CCS)c1nnc(/N=N/c2cc3c(cc2O)OCCO3)s1. The lowest BCUT2D eigenvalue weighted by Crippen LogP contribution is -2.19. The molecule has 0 radical (unpaired) electrons. The van der Waals surface area contributed by atoms with Crippen LogP contribution in [0.3, 0.4) is 0 Å². The minimum Gasteiger partial charge on any atom is -0.505 e. The van der Waals surface area contributed by atoms with E-state index in [0.717, 1.165) is 17.4 Å².